The molecule has 2 saturated carbocycles. The fourth-order valence-electron chi connectivity index (χ4n) is 5.90. The van der Waals surface area contributed by atoms with Gasteiger partial charge in [-0.1, -0.05) is 37.8 Å². The largest absolute Gasteiger partial charge is 0.496 e. The zero-order chi connectivity index (χ0) is 22.1. The van der Waals surface area contributed by atoms with E-state index in [1.54, 1.807) is 14.2 Å². The van der Waals surface area contributed by atoms with Gasteiger partial charge in [-0.05, 0) is 55.5 Å². The second kappa shape index (κ2) is 9.14. The monoisotopic (exact) mass is 435 g/mol. The van der Waals surface area contributed by atoms with Gasteiger partial charge in [0.1, 0.15) is 17.6 Å². The zero-order valence-corrected chi connectivity index (χ0v) is 19.1. The lowest BCUT2D eigenvalue weighted by Crippen LogP contribution is -2.34. The normalized spacial score (nSPS) is 25.0. The van der Waals surface area contributed by atoms with Crippen LogP contribution >= 0.6 is 0 Å². The summed E-state index contributed by atoms with van der Waals surface area (Å²) in [7, 11) is 3.45. The number of carbonyl (C=O) groups is 1. The van der Waals surface area contributed by atoms with E-state index < -0.39 is 0 Å². The van der Waals surface area contributed by atoms with Crippen LogP contribution in [0.4, 0.5) is 5.69 Å². The van der Waals surface area contributed by atoms with Crippen LogP contribution in [0.1, 0.15) is 80.1 Å². The lowest BCUT2D eigenvalue weighted by atomic mass is 9.75. The summed E-state index contributed by atoms with van der Waals surface area (Å²) < 4.78 is 18.4. The first-order valence-electron chi connectivity index (χ1n) is 12.0. The maximum Gasteiger partial charge on any atom is 0.227 e. The topological polar surface area (TPSA) is 56.8 Å². The van der Waals surface area contributed by atoms with Crippen LogP contribution in [0, 0.1) is 5.92 Å². The first-order chi connectivity index (χ1) is 15.7. The molecular formula is C27H33NO4. The van der Waals surface area contributed by atoms with E-state index in [0.717, 1.165) is 66.8 Å². The van der Waals surface area contributed by atoms with Crippen molar-refractivity contribution in [1.29, 1.82) is 0 Å². The highest BCUT2D eigenvalue weighted by molar-refractivity contribution is 5.92. The number of hydrogen-bond donors (Lipinski definition) is 1. The van der Waals surface area contributed by atoms with Crippen molar-refractivity contribution in [3.8, 4) is 11.5 Å². The quantitative estimate of drug-likeness (QED) is 0.628. The van der Waals surface area contributed by atoms with E-state index in [1.165, 1.54) is 18.4 Å². The van der Waals surface area contributed by atoms with Gasteiger partial charge in [-0.25, -0.2) is 0 Å². The van der Waals surface area contributed by atoms with Crippen molar-refractivity contribution < 1.29 is 19.0 Å². The summed E-state index contributed by atoms with van der Waals surface area (Å²) in [4.78, 5) is 12.7. The highest BCUT2D eigenvalue weighted by Gasteiger charge is 2.41. The van der Waals surface area contributed by atoms with E-state index in [0.29, 0.717) is 5.92 Å². The number of fused-ring (bicyclic) bond motifs is 3. The number of anilines is 1. The minimum absolute atomic E-state index is 0.135. The molecule has 3 aliphatic rings. The molecule has 2 aromatic rings. The van der Waals surface area contributed by atoms with Crippen LogP contribution in [-0.4, -0.2) is 26.2 Å². The number of ether oxygens (including phenoxy) is 3. The van der Waals surface area contributed by atoms with Crippen LogP contribution in [0.15, 0.2) is 36.4 Å². The molecule has 170 valence electrons. The molecule has 5 heteroatoms. The lowest BCUT2D eigenvalue weighted by molar-refractivity contribution is -0.119. The van der Waals surface area contributed by atoms with Gasteiger partial charge in [0, 0.05) is 28.7 Å². The van der Waals surface area contributed by atoms with Gasteiger partial charge in [-0.2, -0.15) is 0 Å². The SMILES string of the molecule is COc1ccc(OC)c2c1[C@H](c1cccc(NC(=O)C3CCCC3)c1)O[C@@H]1CCCC[C@H]21. The van der Waals surface area contributed by atoms with Crippen LogP contribution < -0.4 is 14.8 Å². The fraction of sp³-hybridized carbons (Fsp3) is 0.519. The Morgan fingerprint density at radius 3 is 2.34 bits per heavy atom. The summed E-state index contributed by atoms with van der Waals surface area (Å²) in [6.45, 7) is 0. The molecule has 5 rings (SSSR count). The first kappa shape index (κ1) is 21.3. The minimum Gasteiger partial charge on any atom is -0.496 e. The van der Waals surface area contributed by atoms with Crippen molar-refractivity contribution >= 4 is 11.6 Å². The molecule has 0 spiro atoms. The molecule has 1 N–H and O–H groups in total. The summed E-state index contributed by atoms with van der Waals surface area (Å²) >= 11 is 0. The molecule has 5 nitrogen and oxygen atoms in total. The molecule has 0 bridgehead atoms. The number of carbonyl (C=O) groups excluding carboxylic acids is 1. The Hall–Kier alpha value is -2.53. The van der Waals surface area contributed by atoms with Crippen LogP contribution in [0.3, 0.4) is 0 Å². The molecule has 1 aliphatic heterocycles. The van der Waals surface area contributed by atoms with Gasteiger partial charge in [0.2, 0.25) is 5.91 Å². The average Bonchev–Trinajstić information content (AvgIpc) is 3.38. The molecule has 1 heterocycles. The maximum atomic E-state index is 12.7. The number of methoxy groups -OCH3 is 2. The van der Waals surface area contributed by atoms with E-state index >= 15 is 0 Å². The van der Waals surface area contributed by atoms with E-state index in [9.17, 15) is 4.79 Å². The molecule has 0 aromatic heterocycles. The average molecular weight is 436 g/mol. The van der Waals surface area contributed by atoms with Crippen LogP contribution in [0.5, 0.6) is 11.5 Å². The predicted molar refractivity (Wildman–Crippen MR) is 125 cm³/mol. The molecule has 3 atom stereocenters. The van der Waals surface area contributed by atoms with Crippen molar-refractivity contribution in [2.75, 3.05) is 19.5 Å². The fourth-order valence-corrected chi connectivity index (χ4v) is 5.90. The highest BCUT2D eigenvalue weighted by Crippen LogP contribution is 2.53. The van der Waals surface area contributed by atoms with Gasteiger partial charge >= 0.3 is 0 Å². The lowest BCUT2D eigenvalue weighted by Gasteiger charge is -2.42. The van der Waals surface area contributed by atoms with E-state index in [4.69, 9.17) is 14.2 Å². The Bertz CT molecular complexity index is 982. The third-order valence-corrected chi connectivity index (χ3v) is 7.48. The Morgan fingerprint density at radius 2 is 1.59 bits per heavy atom. The van der Waals surface area contributed by atoms with Gasteiger partial charge in [0.05, 0.1) is 20.3 Å². The summed E-state index contributed by atoms with van der Waals surface area (Å²) in [5, 5.41) is 3.14. The van der Waals surface area contributed by atoms with Crippen molar-refractivity contribution in [2.45, 2.75) is 69.5 Å². The minimum atomic E-state index is -0.252. The van der Waals surface area contributed by atoms with Gasteiger partial charge in [0.15, 0.2) is 0 Å². The first-order valence-corrected chi connectivity index (χ1v) is 12.0. The second-order valence-electron chi connectivity index (χ2n) is 9.34. The van der Waals surface area contributed by atoms with E-state index in [2.05, 4.69) is 17.4 Å². The highest BCUT2D eigenvalue weighted by atomic mass is 16.5. The maximum absolute atomic E-state index is 12.7. The number of benzene rings is 2. The van der Waals surface area contributed by atoms with Crippen molar-refractivity contribution in [3.05, 3.63) is 53.1 Å². The van der Waals surface area contributed by atoms with Gasteiger partial charge in [-0.15, -0.1) is 0 Å². The number of amides is 1. The van der Waals surface area contributed by atoms with E-state index in [1.807, 2.05) is 24.3 Å². The Labute approximate surface area is 190 Å². The van der Waals surface area contributed by atoms with Crippen LogP contribution in [0.2, 0.25) is 0 Å². The summed E-state index contributed by atoms with van der Waals surface area (Å²) in [6.07, 6.45) is 8.74. The van der Waals surface area contributed by atoms with E-state index in [-0.39, 0.29) is 24.0 Å². The Morgan fingerprint density at radius 1 is 0.906 bits per heavy atom. The van der Waals surface area contributed by atoms with Crippen LogP contribution in [0.25, 0.3) is 0 Å². The van der Waals surface area contributed by atoms with Gasteiger partial charge in [-0.3, -0.25) is 4.79 Å². The standard InChI is InChI=1S/C27H33NO4/c1-30-22-14-15-23(31-2)25-24(22)20-12-5-6-13-21(20)32-26(25)18-10-7-11-19(16-18)28-27(29)17-8-3-4-9-17/h7,10-11,14-17,20-21,26H,3-6,8-9,12-13H2,1-2H3,(H,28,29)/t20-,21+,26-/m0/s1. The second-order valence-corrected chi connectivity index (χ2v) is 9.34. The molecule has 32 heavy (non-hydrogen) atoms. The number of hydrogen-bond acceptors (Lipinski definition) is 4. The number of nitrogens with one attached hydrogen (secondary N) is 1. The molecule has 0 unspecified atom stereocenters. The zero-order valence-electron chi connectivity index (χ0n) is 19.1. The molecule has 2 fully saturated rings. The smallest absolute Gasteiger partial charge is 0.227 e. The summed E-state index contributed by atoms with van der Waals surface area (Å²) in [5.74, 6) is 2.34. The van der Waals surface area contributed by atoms with Crippen molar-refractivity contribution in [1.82, 2.24) is 0 Å². The molecule has 0 radical (unpaired) electrons. The summed E-state index contributed by atoms with van der Waals surface area (Å²) in [5.41, 5.74) is 4.16. The third-order valence-electron chi connectivity index (χ3n) is 7.48. The third kappa shape index (κ3) is 3.88. The molecule has 2 aliphatic carbocycles. The Kier molecular flexibility index (Phi) is 6.09. The van der Waals surface area contributed by atoms with Crippen molar-refractivity contribution in [2.24, 2.45) is 5.92 Å². The summed E-state index contributed by atoms with van der Waals surface area (Å²) in [6, 6.07) is 12.1. The predicted octanol–water partition coefficient (Wildman–Crippen LogP) is 5.98. The van der Waals surface area contributed by atoms with Gasteiger partial charge < -0.3 is 19.5 Å². The van der Waals surface area contributed by atoms with Crippen molar-refractivity contribution in [3.63, 3.8) is 0 Å². The Balaban J connectivity index is 1.53. The van der Waals surface area contributed by atoms with Gasteiger partial charge in [0.25, 0.3) is 0 Å². The molecular weight excluding hydrogens is 402 g/mol. The molecule has 1 amide bonds. The van der Waals surface area contributed by atoms with Crippen LogP contribution in [-0.2, 0) is 9.53 Å². The molecule has 0 saturated heterocycles. The number of rotatable bonds is 5. The molecule has 2 aromatic carbocycles.